The first-order valence-corrected chi connectivity index (χ1v) is 11.1. The first kappa shape index (κ1) is 23.4. The lowest BCUT2D eigenvalue weighted by Gasteiger charge is -1.93. The van der Waals surface area contributed by atoms with Crippen LogP contribution in [-0.2, 0) is 6.42 Å². The summed E-state index contributed by atoms with van der Waals surface area (Å²) in [5, 5.41) is 17.4. The standard InChI is InChI=1S/C7H12N2S.C7H11NO.C6H9NS/c1-4-6-8-9-7(10-6)5(2)3;1-5(2)7-4-6(3)9-8-7;1-5(2)6-7-3-4-8-6/h5H,4H2,1-3H3;4-5H,1-3H3;3-5H,1-2H3. The molecule has 0 saturated carbocycles. The molecule has 0 amide bonds. The predicted molar refractivity (Wildman–Crippen MR) is 115 cm³/mol. The molecule has 0 aliphatic heterocycles. The van der Waals surface area contributed by atoms with E-state index in [-0.39, 0.29) is 0 Å². The first-order valence-electron chi connectivity index (χ1n) is 9.39. The van der Waals surface area contributed by atoms with Crippen LogP contribution in [-0.4, -0.2) is 20.3 Å². The van der Waals surface area contributed by atoms with Gasteiger partial charge < -0.3 is 4.52 Å². The van der Waals surface area contributed by atoms with Gasteiger partial charge in [-0.25, -0.2) is 4.98 Å². The average Bonchev–Trinajstić information content (AvgIpc) is 3.37. The molecule has 0 radical (unpaired) electrons. The molecule has 0 unspecified atom stereocenters. The van der Waals surface area contributed by atoms with Crippen molar-refractivity contribution < 1.29 is 4.52 Å². The van der Waals surface area contributed by atoms with Crippen molar-refractivity contribution in [2.24, 2.45) is 0 Å². The van der Waals surface area contributed by atoms with Gasteiger partial charge in [0.1, 0.15) is 15.8 Å². The highest BCUT2D eigenvalue weighted by molar-refractivity contribution is 7.11. The number of aryl methyl sites for hydroxylation is 2. The second-order valence-electron chi connectivity index (χ2n) is 7.08. The average molecular weight is 409 g/mol. The van der Waals surface area contributed by atoms with Crippen LogP contribution >= 0.6 is 22.7 Å². The molecule has 3 rings (SSSR count). The normalized spacial score (nSPS) is 10.6. The maximum Gasteiger partial charge on any atom is 0.133 e. The molecule has 0 bridgehead atoms. The van der Waals surface area contributed by atoms with Gasteiger partial charge in [0.25, 0.3) is 0 Å². The molecule has 0 aliphatic rings. The van der Waals surface area contributed by atoms with E-state index in [0.717, 1.165) is 27.9 Å². The molecule has 3 aromatic heterocycles. The Morgan fingerprint density at radius 2 is 1.63 bits per heavy atom. The minimum Gasteiger partial charge on any atom is -0.361 e. The van der Waals surface area contributed by atoms with E-state index < -0.39 is 0 Å². The van der Waals surface area contributed by atoms with Gasteiger partial charge >= 0.3 is 0 Å². The zero-order valence-electron chi connectivity index (χ0n) is 17.7. The van der Waals surface area contributed by atoms with Gasteiger partial charge in [-0.3, -0.25) is 0 Å². The Kier molecular flexibility index (Phi) is 10.4. The maximum atomic E-state index is 4.88. The van der Waals surface area contributed by atoms with Gasteiger partial charge in [0.15, 0.2) is 0 Å². The van der Waals surface area contributed by atoms with E-state index in [9.17, 15) is 0 Å². The summed E-state index contributed by atoms with van der Waals surface area (Å²) in [6, 6.07) is 1.96. The molecule has 7 heteroatoms. The summed E-state index contributed by atoms with van der Waals surface area (Å²) < 4.78 is 4.88. The van der Waals surface area contributed by atoms with Crippen LogP contribution in [0, 0.1) is 6.92 Å². The minimum absolute atomic E-state index is 0.474. The van der Waals surface area contributed by atoms with Crippen molar-refractivity contribution in [2.45, 2.75) is 79.6 Å². The lowest BCUT2D eigenvalue weighted by molar-refractivity contribution is 0.388. The van der Waals surface area contributed by atoms with E-state index in [1.165, 1.54) is 5.01 Å². The van der Waals surface area contributed by atoms with Crippen molar-refractivity contribution in [1.29, 1.82) is 0 Å². The van der Waals surface area contributed by atoms with Gasteiger partial charge in [0.2, 0.25) is 0 Å². The smallest absolute Gasteiger partial charge is 0.133 e. The Morgan fingerprint density at radius 1 is 0.963 bits per heavy atom. The molecule has 0 aliphatic carbocycles. The van der Waals surface area contributed by atoms with Gasteiger partial charge in [-0.05, 0) is 19.3 Å². The van der Waals surface area contributed by atoms with Gasteiger partial charge in [0, 0.05) is 29.5 Å². The van der Waals surface area contributed by atoms with Crippen LogP contribution in [0.3, 0.4) is 0 Å². The Hall–Kier alpha value is -1.60. The van der Waals surface area contributed by atoms with E-state index in [2.05, 4.69) is 68.8 Å². The number of nitrogens with zero attached hydrogens (tertiary/aromatic N) is 4. The fraction of sp³-hybridized carbons (Fsp3) is 0.600. The second-order valence-corrected chi connectivity index (χ2v) is 9.10. The van der Waals surface area contributed by atoms with Crippen molar-refractivity contribution in [1.82, 2.24) is 20.3 Å². The van der Waals surface area contributed by atoms with Crippen LogP contribution in [0.1, 0.15) is 92.7 Å². The third kappa shape index (κ3) is 8.75. The largest absolute Gasteiger partial charge is 0.361 e. The summed E-state index contributed by atoms with van der Waals surface area (Å²) in [7, 11) is 0. The summed E-state index contributed by atoms with van der Waals surface area (Å²) >= 11 is 3.44. The number of aromatic nitrogens is 4. The van der Waals surface area contributed by atoms with Gasteiger partial charge in [0.05, 0.1) is 10.7 Å². The summed E-state index contributed by atoms with van der Waals surface area (Å²) in [6.07, 6.45) is 2.85. The van der Waals surface area contributed by atoms with Crippen molar-refractivity contribution >= 4 is 22.7 Å². The minimum atomic E-state index is 0.474. The van der Waals surface area contributed by atoms with Crippen LogP contribution in [0.15, 0.2) is 22.2 Å². The summed E-state index contributed by atoms with van der Waals surface area (Å²) in [4.78, 5) is 4.13. The van der Waals surface area contributed by atoms with E-state index in [1.54, 1.807) is 22.7 Å². The molecular weight excluding hydrogens is 376 g/mol. The zero-order chi connectivity index (χ0) is 20.4. The van der Waals surface area contributed by atoms with Crippen molar-refractivity contribution in [3.63, 3.8) is 0 Å². The Balaban J connectivity index is 0.000000204. The SMILES string of the molecule is CC(C)c1nccs1.CCc1nnc(C(C)C)s1.Cc1cc(C(C)C)no1. The quantitative estimate of drug-likeness (QED) is 0.487. The molecule has 3 aromatic rings. The molecule has 150 valence electrons. The molecule has 0 N–H and O–H groups in total. The summed E-state index contributed by atoms with van der Waals surface area (Å²) in [5.74, 6) is 2.48. The van der Waals surface area contributed by atoms with Crippen LogP contribution in [0.5, 0.6) is 0 Å². The lowest BCUT2D eigenvalue weighted by atomic mass is 10.1. The van der Waals surface area contributed by atoms with E-state index >= 15 is 0 Å². The van der Waals surface area contributed by atoms with Crippen LogP contribution in [0.2, 0.25) is 0 Å². The van der Waals surface area contributed by atoms with Gasteiger partial charge in [-0.2, -0.15) is 0 Å². The third-order valence-electron chi connectivity index (χ3n) is 3.46. The molecule has 27 heavy (non-hydrogen) atoms. The summed E-state index contributed by atoms with van der Waals surface area (Å²) in [6.45, 7) is 16.8. The fourth-order valence-electron chi connectivity index (χ4n) is 1.82. The fourth-order valence-corrected chi connectivity index (χ4v) is 3.26. The van der Waals surface area contributed by atoms with E-state index in [0.29, 0.717) is 17.8 Å². The van der Waals surface area contributed by atoms with Crippen LogP contribution < -0.4 is 0 Å². The van der Waals surface area contributed by atoms with Gasteiger partial charge in [-0.1, -0.05) is 53.6 Å². The lowest BCUT2D eigenvalue weighted by Crippen LogP contribution is -1.84. The van der Waals surface area contributed by atoms with Crippen LogP contribution in [0.4, 0.5) is 0 Å². The number of thiazole rings is 1. The van der Waals surface area contributed by atoms with E-state index in [1.807, 2.05) is 24.6 Å². The maximum absolute atomic E-state index is 4.88. The molecule has 0 fully saturated rings. The highest BCUT2D eigenvalue weighted by Gasteiger charge is 2.05. The molecule has 0 aromatic carbocycles. The number of hydrogen-bond donors (Lipinski definition) is 0. The topological polar surface area (TPSA) is 64.7 Å². The highest BCUT2D eigenvalue weighted by atomic mass is 32.1. The summed E-state index contributed by atoms with van der Waals surface area (Å²) in [5.41, 5.74) is 1.03. The van der Waals surface area contributed by atoms with Crippen LogP contribution in [0.25, 0.3) is 0 Å². The molecule has 0 saturated heterocycles. The van der Waals surface area contributed by atoms with E-state index in [4.69, 9.17) is 4.52 Å². The molecule has 5 nitrogen and oxygen atoms in total. The first-order chi connectivity index (χ1) is 12.7. The Labute approximate surface area is 171 Å². The molecule has 0 atom stereocenters. The molecule has 0 spiro atoms. The second kappa shape index (κ2) is 12.0. The monoisotopic (exact) mass is 408 g/mol. The number of hydrogen-bond acceptors (Lipinski definition) is 7. The number of rotatable bonds is 4. The van der Waals surface area contributed by atoms with Crippen molar-refractivity contribution in [3.05, 3.63) is 44.1 Å². The third-order valence-corrected chi connectivity index (χ3v) is 5.91. The zero-order valence-corrected chi connectivity index (χ0v) is 19.3. The predicted octanol–water partition coefficient (Wildman–Crippen LogP) is 6.60. The Morgan fingerprint density at radius 3 is 1.89 bits per heavy atom. The Bertz CT molecular complexity index is 746. The van der Waals surface area contributed by atoms with Crippen molar-refractivity contribution in [2.75, 3.05) is 0 Å². The molecular formula is C20H32N4OS2. The van der Waals surface area contributed by atoms with Gasteiger partial charge in [-0.15, -0.1) is 32.9 Å². The highest BCUT2D eigenvalue weighted by Crippen LogP contribution is 2.18. The van der Waals surface area contributed by atoms with Crippen molar-refractivity contribution in [3.8, 4) is 0 Å². The molecule has 3 heterocycles.